The van der Waals surface area contributed by atoms with Crippen LogP contribution in [0, 0.1) is 0 Å². The summed E-state index contributed by atoms with van der Waals surface area (Å²) in [5.41, 5.74) is 6.84. The van der Waals surface area contributed by atoms with Gasteiger partial charge in [-0.25, -0.2) is 4.98 Å². The predicted molar refractivity (Wildman–Crippen MR) is 213 cm³/mol. The average molecular weight is 670 g/mol. The molecule has 0 radical (unpaired) electrons. The van der Waals surface area contributed by atoms with E-state index in [0.29, 0.717) is 0 Å². The van der Waals surface area contributed by atoms with Crippen molar-refractivity contribution >= 4 is 72.7 Å². The second-order valence-electron chi connectivity index (χ2n) is 13.0. The Morgan fingerprint density at radius 3 is 1.88 bits per heavy atom. The van der Waals surface area contributed by atoms with E-state index in [9.17, 15) is 0 Å². The van der Waals surface area contributed by atoms with Gasteiger partial charge in [0.2, 0.25) is 0 Å². The molecule has 4 nitrogen and oxygen atoms in total. The fourth-order valence-corrected chi connectivity index (χ4v) is 12.9. The number of pyridine rings is 2. The fraction of sp³-hybridized carbons (Fsp3) is 0. The highest BCUT2D eigenvalue weighted by molar-refractivity contribution is 7.20. The Morgan fingerprint density at radius 1 is 0.471 bits per heavy atom. The van der Waals surface area contributed by atoms with E-state index in [-0.39, 0.29) is 0 Å². The Kier molecular flexibility index (Phi) is 6.79. The van der Waals surface area contributed by atoms with E-state index in [4.69, 9.17) is 14.4 Å². The smallest absolute Gasteiger partial charge is 0.179 e. The van der Waals surface area contributed by atoms with E-state index in [0.717, 1.165) is 60.8 Å². The van der Waals surface area contributed by atoms with Gasteiger partial charge < -0.3 is 4.42 Å². The van der Waals surface area contributed by atoms with Crippen LogP contribution in [0.1, 0.15) is 0 Å². The molecule has 0 amide bonds. The molecule has 0 aliphatic heterocycles. The van der Waals surface area contributed by atoms with Gasteiger partial charge in [0, 0.05) is 39.0 Å². The average Bonchev–Trinajstić information content (AvgIpc) is 3.75. The van der Waals surface area contributed by atoms with Gasteiger partial charge in [-0.05, 0) is 57.1 Å². The summed E-state index contributed by atoms with van der Waals surface area (Å²) in [6.45, 7) is 0. The summed E-state index contributed by atoms with van der Waals surface area (Å²) >= 11 is 0. The third-order valence-corrected chi connectivity index (χ3v) is 15.0. The Balaban J connectivity index is 1.29. The molecule has 0 saturated heterocycles. The van der Waals surface area contributed by atoms with E-state index < -0.39 is 8.07 Å². The molecule has 51 heavy (non-hydrogen) atoms. The molecule has 10 aromatic rings. The molecule has 10 rings (SSSR count). The summed E-state index contributed by atoms with van der Waals surface area (Å²) in [7, 11) is -2.89. The predicted octanol–water partition coefficient (Wildman–Crippen LogP) is 8.52. The Morgan fingerprint density at radius 2 is 1.12 bits per heavy atom. The van der Waals surface area contributed by atoms with Crippen molar-refractivity contribution in [2.45, 2.75) is 0 Å². The highest BCUT2D eigenvalue weighted by atomic mass is 28.3. The second-order valence-corrected chi connectivity index (χ2v) is 16.8. The molecule has 6 aromatic carbocycles. The number of furan rings is 1. The van der Waals surface area contributed by atoms with E-state index in [1.807, 2.05) is 30.6 Å². The first-order chi connectivity index (χ1) is 25.3. The molecule has 0 N–H and O–H groups in total. The lowest BCUT2D eigenvalue weighted by molar-refractivity contribution is 0.667. The van der Waals surface area contributed by atoms with Crippen molar-refractivity contribution in [3.8, 4) is 16.9 Å². The highest BCUT2D eigenvalue weighted by Crippen LogP contribution is 2.39. The lowest BCUT2D eigenvalue weighted by Gasteiger charge is -2.35. The van der Waals surface area contributed by atoms with Crippen LogP contribution < -0.4 is 20.7 Å². The van der Waals surface area contributed by atoms with Gasteiger partial charge in [-0.2, -0.15) is 0 Å². The van der Waals surface area contributed by atoms with Gasteiger partial charge in [-0.3, -0.25) is 9.55 Å². The number of para-hydroxylation sites is 2. The highest BCUT2D eigenvalue weighted by Gasteiger charge is 2.42. The summed E-state index contributed by atoms with van der Waals surface area (Å²) in [4.78, 5) is 9.83. The number of hydrogen-bond donors (Lipinski definition) is 0. The molecule has 5 heteroatoms. The molecular weight excluding hydrogens is 639 g/mol. The number of aromatic nitrogens is 3. The third-order valence-electron chi connectivity index (χ3n) is 10.2. The van der Waals surface area contributed by atoms with E-state index in [1.54, 1.807) is 0 Å². The molecule has 0 fully saturated rings. The minimum Gasteiger partial charge on any atom is -0.454 e. The summed E-state index contributed by atoms with van der Waals surface area (Å²) in [5.74, 6) is 0. The van der Waals surface area contributed by atoms with Crippen LogP contribution >= 0.6 is 0 Å². The van der Waals surface area contributed by atoms with Crippen LogP contribution in [0.3, 0.4) is 0 Å². The zero-order chi connectivity index (χ0) is 33.8. The van der Waals surface area contributed by atoms with Crippen molar-refractivity contribution in [1.82, 2.24) is 14.5 Å². The molecule has 4 aromatic heterocycles. The summed E-state index contributed by atoms with van der Waals surface area (Å²) in [5, 5.41) is 9.69. The van der Waals surface area contributed by atoms with Crippen molar-refractivity contribution in [3.05, 3.63) is 188 Å². The van der Waals surface area contributed by atoms with E-state index >= 15 is 0 Å². The first kappa shape index (κ1) is 29.4. The fourth-order valence-electron chi connectivity index (χ4n) is 8.09. The summed E-state index contributed by atoms with van der Waals surface area (Å²) in [6.07, 6.45) is 3.75. The number of rotatable bonds is 6. The first-order valence-corrected chi connectivity index (χ1v) is 19.2. The number of fused-ring (bicyclic) bond motifs is 7. The monoisotopic (exact) mass is 669 g/mol. The van der Waals surface area contributed by atoms with Gasteiger partial charge in [-0.1, -0.05) is 140 Å². The maximum absolute atomic E-state index is 6.31. The standard InChI is InChI=1S/C46H31N3OSi/c1-3-17-34(18-4-1)51(35-19-5-2-6-20-35,36-21-13-15-32(29-36)40-25-11-12-28-47-40)37-22-14-16-33(30-37)49-41-26-9-7-23-38(41)45-44-39-24-8-10-27-42(39)50-43(44)31-48-46(45)49/h1-31H. The quantitative estimate of drug-likeness (QED) is 0.132. The van der Waals surface area contributed by atoms with Gasteiger partial charge in [0.05, 0.1) is 17.4 Å². The number of hydrogen-bond acceptors (Lipinski definition) is 3. The zero-order valence-corrected chi connectivity index (χ0v) is 28.6. The van der Waals surface area contributed by atoms with Crippen LogP contribution in [0.15, 0.2) is 193 Å². The van der Waals surface area contributed by atoms with Gasteiger partial charge >= 0.3 is 0 Å². The van der Waals surface area contributed by atoms with Crippen molar-refractivity contribution in [3.63, 3.8) is 0 Å². The molecule has 0 unspecified atom stereocenters. The minimum absolute atomic E-state index is 0.799. The third kappa shape index (κ3) is 4.52. The molecule has 0 atom stereocenters. The van der Waals surface area contributed by atoms with Crippen molar-refractivity contribution < 1.29 is 4.42 Å². The van der Waals surface area contributed by atoms with Crippen LogP contribution in [-0.4, -0.2) is 22.6 Å². The van der Waals surface area contributed by atoms with E-state index in [2.05, 4.69) is 162 Å². The van der Waals surface area contributed by atoms with Gasteiger partial charge in [0.1, 0.15) is 11.2 Å². The Bertz CT molecular complexity index is 2820. The largest absolute Gasteiger partial charge is 0.454 e. The van der Waals surface area contributed by atoms with Gasteiger partial charge in [0.15, 0.2) is 13.7 Å². The minimum atomic E-state index is -2.89. The topological polar surface area (TPSA) is 43.9 Å². The lowest BCUT2D eigenvalue weighted by atomic mass is 10.1. The Labute approximate surface area is 295 Å². The Hall–Kier alpha value is -6.56. The van der Waals surface area contributed by atoms with Crippen molar-refractivity contribution in [2.75, 3.05) is 0 Å². The summed E-state index contributed by atoms with van der Waals surface area (Å²) < 4.78 is 8.63. The van der Waals surface area contributed by atoms with Gasteiger partial charge in [0.25, 0.3) is 0 Å². The van der Waals surface area contributed by atoms with Crippen LogP contribution in [0.5, 0.6) is 0 Å². The molecule has 4 heterocycles. The van der Waals surface area contributed by atoms with Gasteiger partial charge in [-0.15, -0.1) is 0 Å². The molecule has 0 bridgehead atoms. The SMILES string of the molecule is c1ccc([Si](c2ccccc2)(c2cccc(-c3ccccn3)c2)c2cccc(-n3c4ccccc4c4c5c(cnc43)oc3ccccc35)c2)cc1. The second kappa shape index (κ2) is 11.8. The number of nitrogens with zero attached hydrogens (tertiary/aromatic N) is 3. The molecular formula is C46H31N3OSi. The van der Waals surface area contributed by atoms with Crippen LogP contribution in [-0.2, 0) is 0 Å². The maximum atomic E-state index is 6.31. The van der Waals surface area contributed by atoms with Crippen LogP contribution in [0.4, 0.5) is 0 Å². The molecule has 0 saturated carbocycles. The zero-order valence-electron chi connectivity index (χ0n) is 27.6. The van der Waals surface area contributed by atoms with Crippen LogP contribution in [0.2, 0.25) is 0 Å². The van der Waals surface area contributed by atoms with Crippen molar-refractivity contribution in [2.24, 2.45) is 0 Å². The summed E-state index contributed by atoms with van der Waals surface area (Å²) in [6, 6.07) is 63.3. The lowest BCUT2D eigenvalue weighted by Crippen LogP contribution is -2.74. The maximum Gasteiger partial charge on any atom is 0.179 e. The molecule has 0 aliphatic carbocycles. The molecule has 0 spiro atoms. The number of benzene rings is 6. The normalized spacial score (nSPS) is 11.9. The van der Waals surface area contributed by atoms with Crippen LogP contribution in [0.25, 0.3) is 60.8 Å². The molecule has 0 aliphatic rings. The first-order valence-electron chi connectivity index (χ1n) is 17.2. The molecule has 240 valence electrons. The van der Waals surface area contributed by atoms with E-state index in [1.165, 1.54) is 20.7 Å². The van der Waals surface area contributed by atoms with Crippen molar-refractivity contribution in [1.29, 1.82) is 0 Å².